The van der Waals surface area contributed by atoms with Gasteiger partial charge in [-0.15, -0.1) is 0 Å². The molecule has 0 spiro atoms. The number of Topliss-reactive ketones (excluding diaryl/α,β-unsaturated/α-hetero) is 1. The van der Waals surface area contributed by atoms with E-state index in [9.17, 15) is 9.59 Å². The van der Waals surface area contributed by atoms with Crippen molar-refractivity contribution in [2.75, 3.05) is 6.54 Å². The van der Waals surface area contributed by atoms with Gasteiger partial charge in [0.25, 0.3) is 0 Å². The maximum atomic E-state index is 11.8. The summed E-state index contributed by atoms with van der Waals surface area (Å²) in [4.78, 5) is 22.5. The van der Waals surface area contributed by atoms with Gasteiger partial charge in [0.2, 0.25) is 5.91 Å². The number of carbonyl (C=O) groups excluding carboxylic acids is 2. The van der Waals surface area contributed by atoms with Crippen molar-refractivity contribution >= 4 is 11.7 Å². The van der Waals surface area contributed by atoms with Crippen LogP contribution < -0.4 is 5.32 Å². The van der Waals surface area contributed by atoms with Crippen LogP contribution in [0.25, 0.3) is 0 Å². The first kappa shape index (κ1) is 13.2. The molecule has 0 aromatic heterocycles. The second-order valence-electron chi connectivity index (χ2n) is 3.76. The van der Waals surface area contributed by atoms with Crippen LogP contribution in [0.5, 0.6) is 0 Å². The molecule has 0 aromatic rings. The quantitative estimate of drug-likeness (QED) is 0.736. The maximum absolute atomic E-state index is 11.8. The summed E-state index contributed by atoms with van der Waals surface area (Å²) in [7, 11) is 0. The van der Waals surface area contributed by atoms with Gasteiger partial charge in [-0.25, -0.2) is 0 Å². The Morgan fingerprint density at radius 2 is 1.82 bits per heavy atom. The smallest absolute Gasteiger partial charge is 0.216 e. The zero-order valence-corrected chi connectivity index (χ0v) is 9.98. The second kappa shape index (κ2) is 7.39. The third-order valence-electron chi connectivity index (χ3n) is 2.27. The van der Waals surface area contributed by atoms with Gasteiger partial charge in [-0.2, -0.15) is 0 Å². The maximum Gasteiger partial charge on any atom is 0.216 e. The lowest BCUT2D eigenvalue weighted by Gasteiger charge is -2.03. The van der Waals surface area contributed by atoms with Gasteiger partial charge in [0.15, 0.2) is 5.78 Å². The molecule has 0 aliphatic heterocycles. The molecule has 3 heteroatoms. The predicted octanol–water partition coefficient (Wildman–Crippen LogP) is 2.08. The molecule has 1 aliphatic carbocycles. The molecule has 0 fully saturated rings. The van der Waals surface area contributed by atoms with Crippen molar-refractivity contribution in [3.05, 3.63) is 48.1 Å². The molecule has 1 N–H and O–H groups in total. The molecule has 90 valence electrons. The molecular weight excluding hydrogens is 214 g/mol. The van der Waals surface area contributed by atoms with Crippen molar-refractivity contribution in [2.45, 2.75) is 19.8 Å². The van der Waals surface area contributed by atoms with Crippen LogP contribution in [-0.2, 0) is 9.59 Å². The standard InChI is InChI=1S/C14H17NO2/c1-12(16)15-11-7-10-14(17)13-8-5-3-2-4-6-9-13/h2-6,8-9H,7,10-11H2,1H3,(H,15,16)/b3-2-,4-2?,5-3?,6-4-,8-5?,9-6?,13-8?,13-9?. The molecule has 3 nitrogen and oxygen atoms in total. The fraction of sp³-hybridized carbons (Fsp3) is 0.286. The highest BCUT2D eigenvalue weighted by molar-refractivity contribution is 5.98. The van der Waals surface area contributed by atoms with Crippen LogP contribution >= 0.6 is 0 Å². The first-order valence-electron chi connectivity index (χ1n) is 5.69. The van der Waals surface area contributed by atoms with Crippen molar-refractivity contribution in [3.8, 4) is 0 Å². The van der Waals surface area contributed by atoms with Crippen LogP contribution in [0.2, 0.25) is 0 Å². The Balaban J connectivity index is 2.39. The van der Waals surface area contributed by atoms with Crippen molar-refractivity contribution in [1.82, 2.24) is 5.32 Å². The van der Waals surface area contributed by atoms with Crippen LogP contribution in [-0.4, -0.2) is 18.2 Å². The van der Waals surface area contributed by atoms with Crippen LogP contribution in [0.15, 0.2) is 48.1 Å². The van der Waals surface area contributed by atoms with E-state index in [1.165, 1.54) is 6.92 Å². The van der Waals surface area contributed by atoms with Crippen molar-refractivity contribution < 1.29 is 9.59 Å². The van der Waals surface area contributed by atoms with E-state index >= 15 is 0 Å². The Hall–Kier alpha value is -1.90. The number of ketones is 1. The number of rotatable bonds is 5. The van der Waals surface area contributed by atoms with Crippen LogP contribution in [0.1, 0.15) is 19.8 Å². The van der Waals surface area contributed by atoms with Gasteiger partial charge < -0.3 is 5.32 Å². The number of carbonyl (C=O) groups is 2. The monoisotopic (exact) mass is 231 g/mol. The average Bonchev–Trinajstić information content (AvgIpc) is 2.23. The molecule has 1 rings (SSSR count). The Morgan fingerprint density at radius 1 is 1.12 bits per heavy atom. The third kappa shape index (κ3) is 5.66. The number of hydrogen-bond acceptors (Lipinski definition) is 2. The van der Waals surface area contributed by atoms with E-state index in [2.05, 4.69) is 5.32 Å². The van der Waals surface area contributed by atoms with Gasteiger partial charge in [0.05, 0.1) is 0 Å². The summed E-state index contributed by atoms with van der Waals surface area (Å²) in [5.74, 6) is 0.0436. The minimum atomic E-state index is -0.0596. The second-order valence-corrected chi connectivity index (χ2v) is 3.76. The van der Waals surface area contributed by atoms with Gasteiger partial charge in [-0.3, -0.25) is 9.59 Å². The largest absolute Gasteiger partial charge is 0.356 e. The Kier molecular flexibility index (Phi) is 5.72. The van der Waals surface area contributed by atoms with Gasteiger partial charge in [-0.1, -0.05) is 42.5 Å². The van der Waals surface area contributed by atoms with E-state index in [-0.39, 0.29) is 11.7 Å². The molecule has 0 unspecified atom stereocenters. The van der Waals surface area contributed by atoms with E-state index in [0.717, 1.165) is 0 Å². The average molecular weight is 231 g/mol. The van der Waals surface area contributed by atoms with Crippen LogP contribution in [0, 0.1) is 0 Å². The summed E-state index contributed by atoms with van der Waals surface area (Å²) in [6, 6.07) is 0. The number of amides is 1. The van der Waals surface area contributed by atoms with Crippen LogP contribution in [0.4, 0.5) is 0 Å². The van der Waals surface area contributed by atoms with Crippen LogP contribution in [0.3, 0.4) is 0 Å². The molecule has 0 saturated heterocycles. The SMILES string of the molecule is CC(=O)NCCCC(=O)C1=C/C=C\C=C/C=C1. The number of nitrogens with one attached hydrogen (secondary N) is 1. The number of hydrogen-bond donors (Lipinski definition) is 1. The van der Waals surface area contributed by atoms with E-state index in [4.69, 9.17) is 0 Å². The lowest BCUT2D eigenvalue weighted by atomic mass is 10.0. The van der Waals surface area contributed by atoms with E-state index in [1.807, 2.05) is 30.4 Å². The lowest BCUT2D eigenvalue weighted by Crippen LogP contribution is -2.21. The Bertz CT molecular complexity index is 400. The molecule has 0 saturated carbocycles. The molecule has 0 aromatic carbocycles. The van der Waals surface area contributed by atoms with Gasteiger partial charge in [0.1, 0.15) is 0 Å². The molecular formula is C14H17NO2. The molecule has 0 heterocycles. The fourth-order valence-electron chi connectivity index (χ4n) is 1.41. The summed E-state index contributed by atoms with van der Waals surface area (Å²) in [6.45, 7) is 2.02. The highest BCUT2D eigenvalue weighted by Crippen LogP contribution is 2.07. The van der Waals surface area contributed by atoms with Gasteiger partial charge in [-0.05, 0) is 6.42 Å². The lowest BCUT2D eigenvalue weighted by molar-refractivity contribution is -0.119. The summed E-state index contributed by atoms with van der Waals surface area (Å²) < 4.78 is 0. The summed E-state index contributed by atoms with van der Waals surface area (Å²) in [5.41, 5.74) is 0.702. The number of allylic oxidation sites excluding steroid dienone is 8. The Morgan fingerprint density at radius 3 is 2.59 bits per heavy atom. The third-order valence-corrected chi connectivity index (χ3v) is 2.27. The molecule has 17 heavy (non-hydrogen) atoms. The zero-order valence-electron chi connectivity index (χ0n) is 9.98. The summed E-state index contributed by atoms with van der Waals surface area (Å²) in [5, 5.41) is 2.67. The van der Waals surface area contributed by atoms with E-state index < -0.39 is 0 Å². The minimum Gasteiger partial charge on any atom is -0.356 e. The fourth-order valence-corrected chi connectivity index (χ4v) is 1.41. The van der Waals surface area contributed by atoms with Crippen molar-refractivity contribution in [1.29, 1.82) is 0 Å². The topological polar surface area (TPSA) is 46.2 Å². The summed E-state index contributed by atoms with van der Waals surface area (Å²) in [6.07, 6.45) is 14.1. The normalized spacial score (nSPS) is 17.6. The highest BCUT2D eigenvalue weighted by atomic mass is 16.1. The van der Waals surface area contributed by atoms with Crippen molar-refractivity contribution in [2.24, 2.45) is 0 Å². The van der Waals surface area contributed by atoms with E-state index in [0.29, 0.717) is 25.0 Å². The Labute approximate surface area is 102 Å². The first-order chi connectivity index (χ1) is 8.20. The summed E-state index contributed by atoms with van der Waals surface area (Å²) >= 11 is 0. The molecule has 0 bridgehead atoms. The zero-order chi connectivity index (χ0) is 12.5. The minimum absolute atomic E-state index is 0.0596. The first-order valence-corrected chi connectivity index (χ1v) is 5.69. The van der Waals surface area contributed by atoms with Gasteiger partial charge >= 0.3 is 0 Å². The molecule has 1 amide bonds. The van der Waals surface area contributed by atoms with Crippen molar-refractivity contribution in [3.63, 3.8) is 0 Å². The molecule has 1 aliphatic rings. The van der Waals surface area contributed by atoms with E-state index in [1.54, 1.807) is 12.2 Å². The molecule has 0 atom stereocenters. The highest BCUT2D eigenvalue weighted by Gasteiger charge is 2.05. The molecule has 0 radical (unpaired) electrons. The predicted molar refractivity (Wildman–Crippen MR) is 68.4 cm³/mol. The van der Waals surface area contributed by atoms with Gasteiger partial charge in [0, 0.05) is 25.5 Å².